The number of hydrogen-bond donors (Lipinski definition) is 1. The van der Waals surface area contributed by atoms with Crippen molar-refractivity contribution in [3.8, 4) is 0 Å². The van der Waals surface area contributed by atoms with Gasteiger partial charge < -0.3 is 5.11 Å². The van der Waals surface area contributed by atoms with Crippen molar-refractivity contribution in [2.45, 2.75) is 70.4 Å². The summed E-state index contributed by atoms with van der Waals surface area (Å²) in [6, 6.07) is 0. The van der Waals surface area contributed by atoms with Gasteiger partial charge in [0, 0.05) is 18.4 Å². The Hall–Kier alpha value is -0.440. The smallest absolute Gasteiger partial charge is 0.139 e. The number of rotatable bonds is 1. The molecular weight excluding hydrogens is 279 g/mol. The van der Waals surface area contributed by atoms with E-state index in [4.69, 9.17) is 0 Å². The number of Topliss-reactive ketones (excluding diaryl/α,β-unsaturated/α-hetero) is 1. The van der Waals surface area contributed by atoms with E-state index < -0.39 is 5.67 Å². The van der Waals surface area contributed by atoms with Gasteiger partial charge in [0.05, 0.1) is 0 Å². The van der Waals surface area contributed by atoms with Gasteiger partial charge in [0.25, 0.3) is 0 Å². The molecule has 124 valence electrons. The van der Waals surface area contributed by atoms with E-state index in [0.29, 0.717) is 30.0 Å². The van der Waals surface area contributed by atoms with Crippen LogP contribution in [-0.4, -0.2) is 23.2 Å². The number of halogens is 1. The lowest BCUT2D eigenvalue weighted by Crippen LogP contribution is -2.56. The summed E-state index contributed by atoms with van der Waals surface area (Å²) in [7, 11) is 0. The number of fused-ring (bicyclic) bond motifs is 5. The van der Waals surface area contributed by atoms with E-state index in [0.717, 1.165) is 51.4 Å². The molecule has 0 heterocycles. The van der Waals surface area contributed by atoms with Gasteiger partial charge in [-0.25, -0.2) is 4.39 Å². The minimum atomic E-state index is -1.01. The topological polar surface area (TPSA) is 37.3 Å². The molecule has 3 heteroatoms. The van der Waals surface area contributed by atoms with E-state index in [1.807, 2.05) is 0 Å². The fraction of sp³-hybridized carbons (Fsp3) is 0.947. The largest absolute Gasteiger partial charge is 0.396 e. The summed E-state index contributed by atoms with van der Waals surface area (Å²) in [5.41, 5.74) is -1.16. The Morgan fingerprint density at radius 3 is 2.73 bits per heavy atom. The molecule has 0 amide bonds. The van der Waals surface area contributed by atoms with Crippen LogP contribution in [0, 0.1) is 35.0 Å². The molecule has 7 atom stereocenters. The third kappa shape index (κ3) is 1.90. The predicted octanol–water partition coefficient (Wildman–Crippen LogP) is 3.91. The summed E-state index contributed by atoms with van der Waals surface area (Å²) in [4.78, 5) is 12.3. The van der Waals surface area contributed by atoms with Crippen molar-refractivity contribution in [2.24, 2.45) is 35.0 Å². The summed E-state index contributed by atoms with van der Waals surface area (Å²) in [6.45, 7) is 2.37. The van der Waals surface area contributed by atoms with Crippen LogP contribution in [0.2, 0.25) is 0 Å². The molecule has 4 aliphatic rings. The normalized spacial score (nSPS) is 54.5. The standard InChI is InChI=1S/C19H29FO2/c1-18-8-7-16-14(15(18)4-5-17(18)22)3-2-13-10-12(11-21)6-9-19(13,16)20/h12-16,21H,2-11H2,1H3/t12?,13-,14+,15?,16?,18+,19-/m1/s1. The first-order valence-electron chi connectivity index (χ1n) is 9.32. The Balaban J connectivity index is 1.60. The molecular formula is C19H29FO2. The van der Waals surface area contributed by atoms with Gasteiger partial charge in [0.2, 0.25) is 0 Å². The third-order valence-corrected chi connectivity index (χ3v) is 8.10. The molecule has 4 saturated carbocycles. The van der Waals surface area contributed by atoms with Crippen LogP contribution >= 0.6 is 0 Å². The summed E-state index contributed by atoms with van der Waals surface area (Å²) in [5, 5.41) is 9.42. The van der Waals surface area contributed by atoms with E-state index in [1.165, 1.54) is 0 Å². The highest BCUT2D eigenvalue weighted by Crippen LogP contribution is 2.63. The van der Waals surface area contributed by atoms with Gasteiger partial charge in [-0.15, -0.1) is 0 Å². The van der Waals surface area contributed by atoms with Gasteiger partial charge in [-0.2, -0.15) is 0 Å². The van der Waals surface area contributed by atoms with Gasteiger partial charge in [-0.1, -0.05) is 6.92 Å². The first kappa shape index (κ1) is 15.1. The highest BCUT2D eigenvalue weighted by atomic mass is 19.1. The molecule has 0 spiro atoms. The lowest BCUT2D eigenvalue weighted by Gasteiger charge is -2.57. The Bertz CT molecular complexity index is 478. The van der Waals surface area contributed by atoms with Crippen molar-refractivity contribution >= 4 is 5.78 Å². The minimum Gasteiger partial charge on any atom is -0.396 e. The van der Waals surface area contributed by atoms with Gasteiger partial charge in [-0.05, 0) is 81.0 Å². The molecule has 0 aromatic heterocycles. The van der Waals surface area contributed by atoms with Crippen molar-refractivity contribution in [2.75, 3.05) is 6.61 Å². The van der Waals surface area contributed by atoms with Gasteiger partial charge in [0.1, 0.15) is 11.5 Å². The minimum absolute atomic E-state index is 0.146. The van der Waals surface area contributed by atoms with Crippen LogP contribution in [-0.2, 0) is 4.79 Å². The quantitative estimate of drug-likeness (QED) is 0.797. The summed E-state index contributed by atoms with van der Waals surface area (Å²) >= 11 is 0. The Kier molecular flexibility index (Phi) is 3.45. The molecule has 0 aliphatic heterocycles. The SMILES string of the molecule is C[C@]12CCC3[C@@H](CC[C@@H]4CC(CO)CC[C@]34F)C1CCC2=O. The molecule has 1 N–H and O–H groups in total. The van der Waals surface area contributed by atoms with Crippen molar-refractivity contribution in [1.29, 1.82) is 0 Å². The molecule has 0 saturated heterocycles. The van der Waals surface area contributed by atoms with Crippen LogP contribution in [0.3, 0.4) is 0 Å². The molecule has 3 unspecified atom stereocenters. The van der Waals surface area contributed by atoms with E-state index in [-0.39, 0.29) is 23.9 Å². The number of hydrogen-bond acceptors (Lipinski definition) is 2. The highest BCUT2D eigenvalue weighted by molar-refractivity contribution is 5.87. The fourth-order valence-electron chi connectivity index (χ4n) is 6.81. The summed E-state index contributed by atoms with van der Waals surface area (Å²) < 4.78 is 16.0. The van der Waals surface area contributed by atoms with Gasteiger partial charge >= 0.3 is 0 Å². The first-order valence-corrected chi connectivity index (χ1v) is 9.32. The van der Waals surface area contributed by atoms with Crippen molar-refractivity contribution in [3.05, 3.63) is 0 Å². The Labute approximate surface area is 132 Å². The average molecular weight is 308 g/mol. The molecule has 0 bridgehead atoms. The van der Waals surface area contributed by atoms with Crippen molar-refractivity contribution < 1.29 is 14.3 Å². The second-order valence-electron chi connectivity index (χ2n) is 8.82. The highest BCUT2D eigenvalue weighted by Gasteiger charge is 2.62. The van der Waals surface area contributed by atoms with Crippen LogP contribution in [0.4, 0.5) is 4.39 Å². The van der Waals surface area contributed by atoms with Crippen LogP contribution in [0.25, 0.3) is 0 Å². The lowest BCUT2D eigenvalue weighted by atomic mass is 9.49. The number of alkyl halides is 1. The summed E-state index contributed by atoms with van der Waals surface area (Å²) in [6.07, 6.45) is 7.95. The second kappa shape index (κ2) is 5.03. The zero-order chi connectivity index (χ0) is 15.5. The summed E-state index contributed by atoms with van der Waals surface area (Å²) in [5.74, 6) is 1.94. The number of ketones is 1. The maximum atomic E-state index is 16.0. The number of carbonyl (C=O) groups is 1. The average Bonchev–Trinajstić information content (AvgIpc) is 2.82. The van der Waals surface area contributed by atoms with Crippen LogP contribution < -0.4 is 0 Å². The van der Waals surface area contributed by atoms with Gasteiger partial charge in [-0.3, -0.25) is 4.79 Å². The molecule has 0 aromatic carbocycles. The monoisotopic (exact) mass is 308 g/mol. The Morgan fingerprint density at radius 1 is 1.14 bits per heavy atom. The molecule has 22 heavy (non-hydrogen) atoms. The fourth-order valence-corrected chi connectivity index (χ4v) is 6.81. The Morgan fingerprint density at radius 2 is 1.95 bits per heavy atom. The van der Waals surface area contributed by atoms with Gasteiger partial charge in [0.15, 0.2) is 0 Å². The number of aliphatic hydroxyl groups is 1. The maximum Gasteiger partial charge on any atom is 0.139 e. The van der Waals surface area contributed by atoms with Crippen LogP contribution in [0.5, 0.6) is 0 Å². The molecule has 4 rings (SSSR count). The van der Waals surface area contributed by atoms with E-state index in [2.05, 4.69) is 6.92 Å². The molecule has 4 fully saturated rings. The van der Waals surface area contributed by atoms with Crippen molar-refractivity contribution in [3.63, 3.8) is 0 Å². The van der Waals surface area contributed by atoms with Crippen molar-refractivity contribution in [1.82, 2.24) is 0 Å². The number of aliphatic hydroxyl groups excluding tert-OH is 1. The second-order valence-corrected chi connectivity index (χ2v) is 8.82. The lowest BCUT2D eigenvalue weighted by molar-refractivity contribution is -0.149. The predicted molar refractivity (Wildman–Crippen MR) is 83.0 cm³/mol. The third-order valence-electron chi connectivity index (χ3n) is 8.10. The zero-order valence-corrected chi connectivity index (χ0v) is 13.7. The zero-order valence-electron chi connectivity index (χ0n) is 13.7. The van der Waals surface area contributed by atoms with Crippen LogP contribution in [0.15, 0.2) is 0 Å². The van der Waals surface area contributed by atoms with E-state index in [9.17, 15) is 9.90 Å². The molecule has 0 radical (unpaired) electrons. The molecule has 2 nitrogen and oxygen atoms in total. The number of carbonyl (C=O) groups excluding carboxylic acids is 1. The maximum absolute atomic E-state index is 16.0. The van der Waals surface area contributed by atoms with E-state index in [1.54, 1.807) is 0 Å². The first-order chi connectivity index (χ1) is 10.5. The van der Waals surface area contributed by atoms with Crippen LogP contribution in [0.1, 0.15) is 64.7 Å². The van der Waals surface area contributed by atoms with E-state index >= 15 is 4.39 Å². The molecule has 0 aromatic rings. The molecule has 4 aliphatic carbocycles.